The Bertz CT molecular complexity index is 324. The molecule has 94 valence electrons. The fourth-order valence-corrected chi connectivity index (χ4v) is 2.21. The van der Waals surface area contributed by atoms with E-state index in [0.717, 1.165) is 12.8 Å². The monoisotopic (exact) mass is 249 g/mol. The number of unbranched alkanes of at least 4 members (excludes halogenated alkanes) is 1. The van der Waals surface area contributed by atoms with Crippen LogP contribution < -0.4 is 0 Å². The van der Waals surface area contributed by atoms with Crippen LogP contribution in [0.1, 0.15) is 19.3 Å². The Balaban J connectivity index is 4.10. The van der Waals surface area contributed by atoms with Crippen molar-refractivity contribution >= 4 is 16.0 Å². The van der Waals surface area contributed by atoms with Gasteiger partial charge in [0.25, 0.3) is 0 Å². The standard InChI is InChI=1S/C10H19NO4S/c1-4-5-6-8-11(2)16(13,14)9-7-10(12)15-3/h4H,1,5-9H2,2-3H3. The maximum Gasteiger partial charge on any atom is 0.306 e. The van der Waals surface area contributed by atoms with E-state index in [1.54, 1.807) is 6.08 Å². The Labute approximate surface area is 97.1 Å². The highest BCUT2D eigenvalue weighted by Gasteiger charge is 2.18. The minimum atomic E-state index is -3.35. The van der Waals surface area contributed by atoms with Gasteiger partial charge in [0.15, 0.2) is 0 Å². The van der Waals surface area contributed by atoms with Crippen LogP contribution in [-0.4, -0.2) is 45.1 Å². The molecule has 6 heteroatoms. The summed E-state index contributed by atoms with van der Waals surface area (Å²) in [6.07, 6.45) is 3.15. The zero-order chi connectivity index (χ0) is 12.6. The van der Waals surface area contributed by atoms with Gasteiger partial charge in [-0.1, -0.05) is 6.08 Å². The number of esters is 1. The molecule has 0 aromatic heterocycles. The summed E-state index contributed by atoms with van der Waals surface area (Å²) in [5.41, 5.74) is 0. The van der Waals surface area contributed by atoms with Crippen molar-refractivity contribution in [2.24, 2.45) is 0 Å². The first-order valence-corrected chi connectivity index (χ1v) is 6.66. The number of rotatable bonds is 8. The van der Waals surface area contributed by atoms with Crippen LogP contribution in [0.15, 0.2) is 12.7 Å². The summed E-state index contributed by atoms with van der Waals surface area (Å²) in [6, 6.07) is 0. The lowest BCUT2D eigenvalue weighted by Crippen LogP contribution is -2.31. The van der Waals surface area contributed by atoms with E-state index < -0.39 is 16.0 Å². The molecule has 0 N–H and O–H groups in total. The van der Waals surface area contributed by atoms with Crippen molar-refractivity contribution in [2.75, 3.05) is 26.5 Å². The molecular formula is C10H19NO4S. The van der Waals surface area contributed by atoms with Crippen LogP contribution in [0.3, 0.4) is 0 Å². The van der Waals surface area contributed by atoms with Crippen molar-refractivity contribution in [3.05, 3.63) is 12.7 Å². The molecule has 0 aliphatic heterocycles. The Morgan fingerprint density at radius 2 is 2.12 bits per heavy atom. The fourth-order valence-electron chi connectivity index (χ4n) is 1.07. The van der Waals surface area contributed by atoms with Crippen LogP contribution in [-0.2, 0) is 19.6 Å². The van der Waals surface area contributed by atoms with E-state index in [0.29, 0.717) is 6.54 Å². The molecule has 0 unspecified atom stereocenters. The van der Waals surface area contributed by atoms with Gasteiger partial charge in [-0.25, -0.2) is 12.7 Å². The summed E-state index contributed by atoms with van der Waals surface area (Å²) in [5, 5.41) is 0. The van der Waals surface area contributed by atoms with Crippen molar-refractivity contribution < 1.29 is 17.9 Å². The first-order chi connectivity index (χ1) is 7.44. The fraction of sp³-hybridized carbons (Fsp3) is 0.700. The normalized spacial score (nSPS) is 11.4. The number of allylic oxidation sites excluding steroid dienone is 1. The van der Waals surface area contributed by atoms with Crippen LogP contribution in [0.4, 0.5) is 0 Å². The highest BCUT2D eigenvalue weighted by atomic mass is 32.2. The van der Waals surface area contributed by atoms with E-state index in [1.807, 2.05) is 0 Å². The number of ether oxygens (including phenoxy) is 1. The van der Waals surface area contributed by atoms with Crippen LogP contribution in [0, 0.1) is 0 Å². The molecule has 0 atom stereocenters. The number of hydrogen-bond acceptors (Lipinski definition) is 4. The molecule has 0 saturated carbocycles. The van der Waals surface area contributed by atoms with Crippen LogP contribution >= 0.6 is 0 Å². The number of nitrogens with zero attached hydrogens (tertiary/aromatic N) is 1. The lowest BCUT2D eigenvalue weighted by Gasteiger charge is -2.16. The highest BCUT2D eigenvalue weighted by molar-refractivity contribution is 7.89. The number of sulfonamides is 1. The molecule has 0 spiro atoms. The van der Waals surface area contributed by atoms with E-state index in [4.69, 9.17) is 0 Å². The third-order valence-electron chi connectivity index (χ3n) is 2.15. The first kappa shape index (κ1) is 15.1. The zero-order valence-corrected chi connectivity index (χ0v) is 10.6. The van der Waals surface area contributed by atoms with Crippen LogP contribution in [0.5, 0.6) is 0 Å². The van der Waals surface area contributed by atoms with Crippen molar-refractivity contribution in [3.8, 4) is 0 Å². The van der Waals surface area contributed by atoms with Gasteiger partial charge in [0.05, 0.1) is 19.3 Å². The maximum atomic E-state index is 11.6. The molecule has 0 aliphatic carbocycles. The Morgan fingerprint density at radius 1 is 1.50 bits per heavy atom. The topological polar surface area (TPSA) is 63.7 Å². The van der Waals surface area contributed by atoms with Gasteiger partial charge in [0.1, 0.15) is 0 Å². The largest absolute Gasteiger partial charge is 0.469 e. The second kappa shape index (κ2) is 7.40. The molecule has 0 amide bonds. The molecule has 0 rings (SSSR count). The molecule has 0 aliphatic rings. The quantitative estimate of drug-likeness (QED) is 0.362. The van der Waals surface area contributed by atoms with E-state index in [9.17, 15) is 13.2 Å². The lowest BCUT2D eigenvalue weighted by molar-refractivity contribution is -0.140. The van der Waals surface area contributed by atoms with E-state index in [-0.39, 0.29) is 12.2 Å². The average Bonchev–Trinajstić information content (AvgIpc) is 2.26. The molecule has 0 heterocycles. The first-order valence-electron chi connectivity index (χ1n) is 5.05. The van der Waals surface area contributed by atoms with Gasteiger partial charge in [-0.15, -0.1) is 6.58 Å². The Hall–Kier alpha value is -0.880. The maximum absolute atomic E-state index is 11.6. The van der Waals surface area contributed by atoms with Crippen LogP contribution in [0.2, 0.25) is 0 Å². The molecular weight excluding hydrogens is 230 g/mol. The summed E-state index contributed by atoms with van der Waals surface area (Å²) in [7, 11) is -0.599. The van der Waals surface area contributed by atoms with E-state index in [2.05, 4.69) is 11.3 Å². The lowest BCUT2D eigenvalue weighted by atomic mass is 10.3. The summed E-state index contributed by atoms with van der Waals surface area (Å²) in [5.74, 6) is -0.715. The number of carbonyl (C=O) groups is 1. The van der Waals surface area contributed by atoms with Gasteiger partial charge in [-0.2, -0.15) is 0 Å². The Kier molecular flexibility index (Phi) is 7.00. The van der Waals surface area contributed by atoms with Gasteiger partial charge < -0.3 is 4.74 Å². The predicted molar refractivity (Wildman–Crippen MR) is 62.5 cm³/mol. The minimum Gasteiger partial charge on any atom is -0.469 e. The van der Waals surface area contributed by atoms with Gasteiger partial charge in [0, 0.05) is 13.6 Å². The number of methoxy groups -OCH3 is 1. The van der Waals surface area contributed by atoms with Crippen molar-refractivity contribution in [3.63, 3.8) is 0 Å². The minimum absolute atomic E-state index is 0.107. The zero-order valence-electron chi connectivity index (χ0n) is 9.81. The second-order valence-electron chi connectivity index (χ2n) is 3.39. The summed E-state index contributed by atoms with van der Waals surface area (Å²) in [6.45, 7) is 4.00. The average molecular weight is 249 g/mol. The molecule has 0 saturated heterocycles. The van der Waals surface area contributed by atoms with Crippen molar-refractivity contribution in [1.82, 2.24) is 4.31 Å². The van der Waals surface area contributed by atoms with Crippen LogP contribution in [0.25, 0.3) is 0 Å². The summed E-state index contributed by atoms with van der Waals surface area (Å²) in [4.78, 5) is 10.8. The second-order valence-corrected chi connectivity index (χ2v) is 5.59. The number of carbonyl (C=O) groups excluding carboxylic acids is 1. The third kappa shape index (κ3) is 5.87. The SMILES string of the molecule is C=CCCCN(C)S(=O)(=O)CCC(=O)OC. The molecule has 16 heavy (non-hydrogen) atoms. The third-order valence-corrected chi connectivity index (χ3v) is 4.00. The molecule has 0 aromatic carbocycles. The molecule has 0 bridgehead atoms. The molecule has 0 aromatic rings. The predicted octanol–water partition coefficient (Wildman–Crippen LogP) is 0.777. The van der Waals surface area contributed by atoms with Gasteiger partial charge >= 0.3 is 5.97 Å². The van der Waals surface area contributed by atoms with Crippen molar-refractivity contribution in [2.45, 2.75) is 19.3 Å². The summed E-state index contributed by atoms with van der Waals surface area (Å²) >= 11 is 0. The summed E-state index contributed by atoms with van der Waals surface area (Å²) < 4.78 is 28.9. The highest BCUT2D eigenvalue weighted by Crippen LogP contribution is 2.03. The van der Waals surface area contributed by atoms with Gasteiger partial charge in [-0.05, 0) is 12.8 Å². The van der Waals surface area contributed by atoms with E-state index >= 15 is 0 Å². The Morgan fingerprint density at radius 3 is 2.62 bits per heavy atom. The smallest absolute Gasteiger partial charge is 0.306 e. The van der Waals surface area contributed by atoms with E-state index in [1.165, 1.54) is 18.5 Å². The number of hydrogen-bond donors (Lipinski definition) is 0. The van der Waals surface area contributed by atoms with Gasteiger partial charge in [0.2, 0.25) is 10.0 Å². The molecule has 0 radical (unpaired) electrons. The van der Waals surface area contributed by atoms with Crippen molar-refractivity contribution in [1.29, 1.82) is 0 Å². The molecule has 5 nitrogen and oxygen atoms in total. The molecule has 0 fully saturated rings. The van der Waals surface area contributed by atoms with Gasteiger partial charge in [-0.3, -0.25) is 4.79 Å².